The van der Waals surface area contributed by atoms with Crippen molar-refractivity contribution in [1.29, 1.82) is 0 Å². The molecule has 0 aliphatic rings. The van der Waals surface area contributed by atoms with Crippen LogP contribution in [-0.4, -0.2) is 22.8 Å². The summed E-state index contributed by atoms with van der Waals surface area (Å²) in [4.78, 5) is 9.00. The molecule has 0 amide bonds. The maximum Gasteiger partial charge on any atom is 0.300 e. The molecule has 0 aromatic heterocycles. The molecule has 1 rings (SSSR count). The van der Waals surface area contributed by atoms with Gasteiger partial charge in [0.05, 0.1) is 13.2 Å². The number of benzene rings is 1. The fraction of sp³-hybridized carbons (Fsp3) is 0.588. The van der Waals surface area contributed by atoms with Gasteiger partial charge in [-0.2, -0.15) is 0 Å². The number of ether oxygens (including phenoxy) is 1. The number of carboxylic acid groups (broad SMARTS) is 1. The first-order valence-corrected chi connectivity index (χ1v) is 7.62. The van der Waals surface area contributed by atoms with E-state index in [0.717, 1.165) is 31.3 Å². The molecule has 0 aliphatic carbocycles. The molecule has 120 valence electrons. The van der Waals surface area contributed by atoms with Crippen LogP contribution in [0.15, 0.2) is 24.3 Å². The first-order chi connectivity index (χ1) is 10.1. The normalized spacial score (nSPS) is 9.67. The molecule has 0 fully saturated rings. The molecule has 0 atom stereocenters. The van der Waals surface area contributed by atoms with Gasteiger partial charge in [0.25, 0.3) is 5.97 Å². The lowest BCUT2D eigenvalue weighted by atomic mass is 10.1. The van der Waals surface area contributed by atoms with Gasteiger partial charge in [0.15, 0.2) is 0 Å². The Balaban J connectivity index is 0.000000885. The average molecular weight is 296 g/mol. The molecule has 0 spiro atoms. The minimum Gasteiger partial charge on any atom is -0.494 e. The highest BCUT2D eigenvalue weighted by atomic mass is 16.5. The minimum atomic E-state index is -0.833. The van der Waals surface area contributed by atoms with E-state index in [1.165, 1.54) is 32.1 Å². The fourth-order valence-electron chi connectivity index (χ4n) is 1.81. The van der Waals surface area contributed by atoms with Crippen LogP contribution >= 0.6 is 0 Å². The van der Waals surface area contributed by atoms with E-state index in [2.05, 4.69) is 6.92 Å². The lowest BCUT2D eigenvalue weighted by molar-refractivity contribution is -0.134. The summed E-state index contributed by atoms with van der Waals surface area (Å²) in [6.45, 7) is 4.17. The molecule has 21 heavy (non-hydrogen) atoms. The standard InChI is InChI=1S/C15H24O2.C2H4O2/c1-2-3-4-5-6-7-11-17-15-10-8-9-14(12-15)13-16;1-2(3)4/h8-10,12,16H,2-7,11,13H2,1H3;1H3,(H,3,4). The Hall–Kier alpha value is -1.55. The van der Waals surface area contributed by atoms with Crippen LogP contribution in [-0.2, 0) is 11.4 Å². The number of unbranched alkanes of at least 4 members (excludes halogenated alkanes) is 5. The maximum atomic E-state index is 9.00. The fourth-order valence-corrected chi connectivity index (χ4v) is 1.81. The van der Waals surface area contributed by atoms with Gasteiger partial charge in [0, 0.05) is 6.92 Å². The molecule has 4 heteroatoms. The van der Waals surface area contributed by atoms with Crippen LogP contribution in [0.25, 0.3) is 0 Å². The third-order valence-electron chi connectivity index (χ3n) is 2.85. The van der Waals surface area contributed by atoms with Gasteiger partial charge in [-0.25, -0.2) is 0 Å². The predicted molar refractivity (Wildman–Crippen MR) is 84.5 cm³/mol. The third kappa shape index (κ3) is 13.2. The van der Waals surface area contributed by atoms with E-state index in [0.29, 0.717) is 0 Å². The van der Waals surface area contributed by atoms with Gasteiger partial charge in [0.2, 0.25) is 0 Å². The third-order valence-corrected chi connectivity index (χ3v) is 2.85. The summed E-state index contributed by atoms with van der Waals surface area (Å²) in [6.07, 6.45) is 7.67. The smallest absolute Gasteiger partial charge is 0.300 e. The summed E-state index contributed by atoms with van der Waals surface area (Å²) < 4.78 is 5.64. The topological polar surface area (TPSA) is 66.8 Å². The van der Waals surface area contributed by atoms with E-state index in [-0.39, 0.29) is 6.61 Å². The summed E-state index contributed by atoms with van der Waals surface area (Å²) in [7, 11) is 0. The highest BCUT2D eigenvalue weighted by molar-refractivity contribution is 5.62. The summed E-state index contributed by atoms with van der Waals surface area (Å²) >= 11 is 0. The zero-order valence-electron chi connectivity index (χ0n) is 13.2. The quantitative estimate of drug-likeness (QED) is 0.676. The number of aliphatic hydroxyl groups excluding tert-OH is 1. The Kier molecular flexibility index (Phi) is 12.4. The van der Waals surface area contributed by atoms with E-state index >= 15 is 0 Å². The summed E-state index contributed by atoms with van der Waals surface area (Å²) in [5, 5.41) is 16.4. The number of carbonyl (C=O) groups is 1. The second-order valence-corrected chi connectivity index (χ2v) is 4.94. The van der Waals surface area contributed by atoms with Crippen LogP contribution in [0, 0.1) is 0 Å². The molecule has 0 bridgehead atoms. The van der Waals surface area contributed by atoms with Crippen LogP contribution < -0.4 is 4.74 Å². The first kappa shape index (κ1) is 19.4. The number of hydrogen-bond acceptors (Lipinski definition) is 3. The van der Waals surface area contributed by atoms with E-state index < -0.39 is 5.97 Å². The Bertz CT molecular complexity index is 373. The molecule has 0 saturated heterocycles. The van der Waals surface area contributed by atoms with E-state index in [1.54, 1.807) is 0 Å². The molecule has 0 heterocycles. The summed E-state index contributed by atoms with van der Waals surface area (Å²) in [6, 6.07) is 7.66. The van der Waals surface area contributed by atoms with Gasteiger partial charge < -0.3 is 14.9 Å². The van der Waals surface area contributed by atoms with Gasteiger partial charge in [-0.05, 0) is 24.1 Å². The van der Waals surface area contributed by atoms with Crippen molar-refractivity contribution in [3.05, 3.63) is 29.8 Å². The van der Waals surface area contributed by atoms with Gasteiger partial charge in [-0.3, -0.25) is 4.79 Å². The van der Waals surface area contributed by atoms with Crippen molar-refractivity contribution in [3.63, 3.8) is 0 Å². The van der Waals surface area contributed by atoms with Crippen LogP contribution in [0.1, 0.15) is 57.9 Å². The van der Waals surface area contributed by atoms with Crippen LogP contribution in [0.3, 0.4) is 0 Å². The zero-order valence-corrected chi connectivity index (χ0v) is 13.2. The highest BCUT2D eigenvalue weighted by Gasteiger charge is 1.96. The Morgan fingerprint density at radius 3 is 2.38 bits per heavy atom. The molecule has 0 aliphatic heterocycles. The van der Waals surface area contributed by atoms with E-state index in [1.807, 2.05) is 24.3 Å². The van der Waals surface area contributed by atoms with Gasteiger partial charge in [-0.1, -0.05) is 51.2 Å². The number of rotatable bonds is 9. The molecule has 0 saturated carbocycles. The van der Waals surface area contributed by atoms with Crippen molar-refractivity contribution in [2.24, 2.45) is 0 Å². The Morgan fingerprint density at radius 1 is 1.14 bits per heavy atom. The minimum absolute atomic E-state index is 0.0776. The monoisotopic (exact) mass is 296 g/mol. The second-order valence-electron chi connectivity index (χ2n) is 4.94. The first-order valence-electron chi connectivity index (χ1n) is 7.62. The average Bonchev–Trinajstić information content (AvgIpc) is 2.46. The highest BCUT2D eigenvalue weighted by Crippen LogP contribution is 2.14. The van der Waals surface area contributed by atoms with E-state index in [9.17, 15) is 0 Å². The maximum absolute atomic E-state index is 9.00. The summed E-state index contributed by atoms with van der Waals surface area (Å²) in [5.41, 5.74) is 0.908. The van der Waals surface area contributed by atoms with Gasteiger partial charge in [0.1, 0.15) is 5.75 Å². The van der Waals surface area contributed by atoms with Crippen molar-refractivity contribution < 1.29 is 19.7 Å². The number of hydrogen-bond donors (Lipinski definition) is 2. The van der Waals surface area contributed by atoms with Crippen LogP contribution in [0.2, 0.25) is 0 Å². The van der Waals surface area contributed by atoms with E-state index in [4.69, 9.17) is 19.7 Å². The van der Waals surface area contributed by atoms with Gasteiger partial charge in [-0.15, -0.1) is 0 Å². The Morgan fingerprint density at radius 2 is 1.76 bits per heavy atom. The van der Waals surface area contributed by atoms with Crippen molar-refractivity contribution >= 4 is 5.97 Å². The summed E-state index contributed by atoms with van der Waals surface area (Å²) in [5.74, 6) is 0.0325. The number of carboxylic acids is 1. The molecule has 0 radical (unpaired) electrons. The van der Waals surface area contributed by atoms with Gasteiger partial charge >= 0.3 is 0 Å². The van der Waals surface area contributed by atoms with Crippen molar-refractivity contribution in [3.8, 4) is 5.75 Å². The molecule has 0 unspecified atom stereocenters. The second kappa shape index (κ2) is 13.4. The molecule has 1 aromatic carbocycles. The largest absolute Gasteiger partial charge is 0.494 e. The predicted octanol–water partition coefficient (Wildman–Crippen LogP) is 4.01. The van der Waals surface area contributed by atoms with Crippen LogP contribution in [0.4, 0.5) is 0 Å². The van der Waals surface area contributed by atoms with Crippen molar-refractivity contribution in [2.45, 2.75) is 59.0 Å². The zero-order chi connectivity index (χ0) is 15.9. The van der Waals surface area contributed by atoms with Crippen LogP contribution in [0.5, 0.6) is 5.75 Å². The lowest BCUT2D eigenvalue weighted by Gasteiger charge is -2.07. The number of aliphatic carboxylic acids is 1. The molecule has 1 aromatic rings. The number of aliphatic hydroxyl groups is 1. The Labute approximate surface area is 127 Å². The lowest BCUT2D eigenvalue weighted by Crippen LogP contribution is -1.97. The SMILES string of the molecule is CC(=O)O.CCCCCCCCOc1cccc(CO)c1. The molecule has 2 N–H and O–H groups in total. The van der Waals surface area contributed by atoms with Crippen molar-refractivity contribution in [2.75, 3.05) is 6.61 Å². The molecular weight excluding hydrogens is 268 g/mol. The van der Waals surface area contributed by atoms with Crippen molar-refractivity contribution in [1.82, 2.24) is 0 Å². The molecule has 4 nitrogen and oxygen atoms in total. The molecular formula is C17H28O4.